The number of anilines is 1. The summed E-state index contributed by atoms with van der Waals surface area (Å²) < 4.78 is 0. The van der Waals surface area contributed by atoms with E-state index < -0.39 is 4.92 Å². The van der Waals surface area contributed by atoms with Crippen molar-refractivity contribution in [1.82, 2.24) is 0 Å². The second kappa shape index (κ2) is 7.06. The number of aliphatic hydroxyl groups is 1. The van der Waals surface area contributed by atoms with Crippen molar-refractivity contribution in [1.29, 1.82) is 0 Å². The molecule has 0 saturated carbocycles. The van der Waals surface area contributed by atoms with E-state index in [0.717, 1.165) is 5.56 Å². The Labute approximate surface area is 127 Å². The third-order valence-corrected chi connectivity index (χ3v) is 3.37. The molecule has 0 fully saturated rings. The van der Waals surface area contributed by atoms with Crippen LogP contribution >= 0.6 is 11.6 Å². The van der Waals surface area contributed by atoms with Crippen molar-refractivity contribution in [2.45, 2.75) is 6.54 Å². The highest BCUT2D eigenvalue weighted by atomic mass is 35.5. The Morgan fingerprint density at radius 2 is 1.90 bits per heavy atom. The summed E-state index contributed by atoms with van der Waals surface area (Å²) in [4.78, 5) is 12.2. The fraction of sp³-hybridized carbons (Fsp3) is 0.200. The van der Waals surface area contributed by atoms with Crippen LogP contribution in [0.1, 0.15) is 5.56 Å². The highest BCUT2D eigenvalue weighted by molar-refractivity contribution is 6.33. The lowest BCUT2D eigenvalue weighted by Crippen LogP contribution is -2.26. The summed E-state index contributed by atoms with van der Waals surface area (Å²) in [7, 11) is 0. The van der Waals surface area contributed by atoms with Crippen LogP contribution in [0.4, 0.5) is 11.4 Å². The number of halogens is 1. The lowest BCUT2D eigenvalue weighted by molar-refractivity contribution is -0.384. The van der Waals surface area contributed by atoms with Crippen molar-refractivity contribution in [3.63, 3.8) is 0 Å². The first-order chi connectivity index (χ1) is 10.1. The van der Waals surface area contributed by atoms with Gasteiger partial charge in [0.05, 0.1) is 22.2 Å². The summed E-state index contributed by atoms with van der Waals surface area (Å²) in [6.07, 6.45) is 0. The Morgan fingerprint density at radius 1 is 1.19 bits per heavy atom. The van der Waals surface area contributed by atoms with Gasteiger partial charge in [0.15, 0.2) is 0 Å². The number of hydrogen-bond donors (Lipinski definition) is 1. The number of nitrogens with zero attached hydrogens (tertiary/aromatic N) is 2. The molecule has 0 atom stereocenters. The number of aliphatic hydroxyl groups excluding tert-OH is 1. The number of nitro groups is 1. The summed E-state index contributed by atoms with van der Waals surface area (Å²) in [6.45, 7) is 0.936. The minimum atomic E-state index is -0.483. The molecule has 2 rings (SSSR count). The van der Waals surface area contributed by atoms with Gasteiger partial charge in [0.2, 0.25) is 0 Å². The molecular formula is C15H15ClN2O3. The molecule has 0 bridgehead atoms. The maximum Gasteiger partial charge on any atom is 0.271 e. The van der Waals surface area contributed by atoms with Gasteiger partial charge in [-0.05, 0) is 11.6 Å². The molecule has 5 nitrogen and oxygen atoms in total. The van der Waals surface area contributed by atoms with E-state index in [0.29, 0.717) is 23.8 Å². The minimum Gasteiger partial charge on any atom is -0.395 e. The van der Waals surface area contributed by atoms with Crippen molar-refractivity contribution in [3.8, 4) is 0 Å². The summed E-state index contributed by atoms with van der Waals surface area (Å²) >= 11 is 6.14. The van der Waals surface area contributed by atoms with Crippen LogP contribution in [-0.2, 0) is 6.54 Å². The zero-order valence-electron chi connectivity index (χ0n) is 11.3. The fourth-order valence-corrected chi connectivity index (χ4v) is 2.37. The fourth-order valence-electron chi connectivity index (χ4n) is 2.08. The molecule has 0 aliphatic heterocycles. The Morgan fingerprint density at radius 3 is 2.48 bits per heavy atom. The summed E-state index contributed by atoms with van der Waals surface area (Å²) in [5.74, 6) is 0. The molecule has 0 saturated heterocycles. The maximum absolute atomic E-state index is 10.7. The number of nitro benzene ring substituents is 1. The van der Waals surface area contributed by atoms with E-state index >= 15 is 0 Å². The molecule has 0 amide bonds. The second-order valence-corrected chi connectivity index (χ2v) is 4.93. The average molecular weight is 307 g/mol. The van der Waals surface area contributed by atoms with Crippen LogP contribution in [0.3, 0.4) is 0 Å². The van der Waals surface area contributed by atoms with Crippen LogP contribution in [0, 0.1) is 10.1 Å². The Kier molecular flexibility index (Phi) is 5.14. The van der Waals surface area contributed by atoms with Crippen LogP contribution in [0.5, 0.6) is 0 Å². The monoisotopic (exact) mass is 306 g/mol. The average Bonchev–Trinajstić information content (AvgIpc) is 2.48. The zero-order chi connectivity index (χ0) is 15.2. The molecule has 2 aromatic rings. The first kappa shape index (κ1) is 15.3. The minimum absolute atomic E-state index is 0.0276. The highest BCUT2D eigenvalue weighted by Crippen LogP contribution is 2.30. The second-order valence-electron chi connectivity index (χ2n) is 4.52. The van der Waals surface area contributed by atoms with Gasteiger partial charge < -0.3 is 10.0 Å². The van der Waals surface area contributed by atoms with Crippen LogP contribution in [0.2, 0.25) is 5.02 Å². The smallest absolute Gasteiger partial charge is 0.271 e. The van der Waals surface area contributed by atoms with Gasteiger partial charge in [-0.3, -0.25) is 10.1 Å². The number of non-ortho nitro benzene ring substituents is 1. The van der Waals surface area contributed by atoms with E-state index in [1.165, 1.54) is 12.1 Å². The Balaban J connectivity index is 2.27. The van der Waals surface area contributed by atoms with Crippen LogP contribution in [-0.4, -0.2) is 23.2 Å². The zero-order valence-corrected chi connectivity index (χ0v) is 12.0. The van der Waals surface area contributed by atoms with Crippen molar-refractivity contribution in [2.75, 3.05) is 18.1 Å². The Bertz CT molecular complexity index is 620. The summed E-state index contributed by atoms with van der Waals surface area (Å²) in [5, 5.41) is 20.3. The van der Waals surface area contributed by atoms with E-state index in [1.54, 1.807) is 6.07 Å². The highest BCUT2D eigenvalue weighted by Gasteiger charge is 2.14. The van der Waals surface area contributed by atoms with Crippen molar-refractivity contribution in [3.05, 3.63) is 69.2 Å². The van der Waals surface area contributed by atoms with Gasteiger partial charge in [0, 0.05) is 25.2 Å². The van der Waals surface area contributed by atoms with E-state index in [1.807, 2.05) is 35.2 Å². The summed E-state index contributed by atoms with van der Waals surface area (Å²) in [5.41, 5.74) is 1.69. The summed E-state index contributed by atoms with van der Waals surface area (Å²) in [6, 6.07) is 14.1. The van der Waals surface area contributed by atoms with Gasteiger partial charge in [-0.2, -0.15) is 0 Å². The van der Waals surface area contributed by atoms with Gasteiger partial charge >= 0.3 is 0 Å². The third-order valence-electron chi connectivity index (χ3n) is 3.07. The quantitative estimate of drug-likeness (QED) is 0.657. The van der Waals surface area contributed by atoms with E-state index in [4.69, 9.17) is 11.6 Å². The SMILES string of the molecule is O=[N+]([O-])c1ccc(N(CCO)Cc2ccccc2)c(Cl)c1. The molecule has 0 aliphatic carbocycles. The van der Waals surface area contributed by atoms with E-state index in [-0.39, 0.29) is 12.3 Å². The normalized spacial score (nSPS) is 10.4. The molecule has 1 N–H and O–H groups in total. The van der Waals surface area contributed by atoms with Gasteiger partial charge in [-0.15, -0.1) is 0 Å². The van der Waals surface area contributed by atoms with Gasteiger partial charge in [-0.1, -0.05) is 41.9 Å². The molecule has 0 heterocycles. The molecule has 6 heteroatoms. The van der Waals surface area contributed by atoms with Crippen LogP contribution in [0.25, 0.3) is 0 Å². The molecule has 0 aromatic heterocycles. The number of benzene rings is 2. The van der Waals surface area contributed by atoms with E-state index in [2.05, 4.69) is 0 Å². The van der Waals surface area contributed by atoms with Crippen molar-refractivity contribution < 1.29 is 10.0 Å². The van der Waals surface area contributed by atoms with E-state index in [9.17, 15) is 15.2 Å². The largest absolute Gasteiger partial charge is 0.395 e. The molecule has 0 unspecified atom stereocenters. The lowest BCUT2D eigenvalue weighted by Gasteiger charge is -2.25. The first-order valence-electron chi connectivity index (χ1n) is 6.45. The first-order valence-corrected chi connectivity index (χ1v) is 6.83. The molecule has 0 aliphatic rings. The molecule has 0 spiro atoms. The van der Waals surface area contributed by atoms with Crippen LogP contribution < -0.4 is 4.90 Å². The standard InChI is InChI=1S/C15H15ClN2O3/c16-14-10-13(18(20)21)6-7-15(14)17(8-9-19)11-12-4-2-1-3-5-12/h1-7,10,19H,8-9,11H2. The topological polar surface area (TPSA) is 66.6 Å². The van der Waals surface area contributed by atoms with Gasteiger partial charge in [-0.25, -0.2) is 0 Å². The van der Waals surface area contributed by atoms with Crippen LogP contribution in [0.15, 0.2) is 48.5 Å². The molecule has 110 valence electrons. The lowest BCUT2D eigenvalue weighted by atomic mass is 10.2. The number of hydrogen-bond acceptors (Lipinski definition) is 4. The molecule has 21 heavy (non-hydrogen) atoms. The maximum atomic E-state index is 10.7. The van der Waals surface area contributed by atoms with Gasteiger partial charge in [0.25, 0.3) is 5.69 Å². The molecular weight excluding hydrogens is 292 g/mol. The van der Waals surface area contributed by atoms with Crippen molar-refractivity contribution in [2.24, 2.45) is 0 Å². The van der Waals surface area contributed by atoms with Crippen molar-refractivity contribution >= 4 is 23.0 Å². The predicted octanol–water partition coefficient (Wildman–Crippen LogP) is 3.25. The van der Waals surface area contributed by atoms with Gasteiger partial charge in [0.1, 0.15) is 0 Å². The third kappa shape index (κ3) is 3.93. The molecule has 2 aromatic carbocycles. The number of rotatable bonds is 6. The molecule has 0 radical (unpaired) electrons. The Hall–Kier alpha value is -2.11. The predicted molar refractivity (Wildman–Crippen MR) is 82.7 cm³/mol.